The van der Waals surface area contributed by atoms with Crippen LogP contribution in [0.25, 0.3) is 0 Å². The van der Waals surface area contributed by atoms with Gasteiger partial charge in [0.2, 0.25) is 0 Å². The minimum Gasteiger partial charge on any atom is -0.478 e. The summed E-state index contributed by atoms with van der Waals surface area (Å²) in [6.07, 6.45) is 0. The SMILES string of the molecule is O=C(O)c1ccc(S(=O)Cc2ccc(Cl)cc2Cl)cc1. The first kappa shape index (κ1) is 15.0. The molecule has 6 heteroatoms. The monoisotopic (exact) mass is 328 g/mol. The van der Waals surface area contributed by atoms with E-state index in [1.54, 1.807) is 30.3 Å². The Bertz CT molecular complexity index is 669. The summed E-state index contributed by atoms with van der Waals surface area (Å²) in [5.74, 6) is -0.759. The number of carboxylic acid groups (broad SMARTS) is 1. The first-order chi connectivity index (χ1) is 9.47. The van der Waals surface area contributed by atoms with Crippen LogP contribution in [0.4, 0.5) is 0 Å². The van der Waals surface area contributed by atoms with Gasteiger partial charge < -0.3 is 5.11 Å². The van der Waals surface area contributed by atoms with E-state index in [-0.39, 0.29) is 11.3 Å². The summed E-state index contributed by atoms with van der Waals surface area (Å²) in [5.41, 5.74) is 0.895. The van der Waals surface area contributed by atoms with Crippen molar-refractivity contribution in [3.63, 3.8) is 0 Å². The Balaban J connectivity index is 2.17. The number of rotatable bonds is 4. The molecule has 2 aromatic rings. The lowest BCUT2D eigenvalue weighted by Gasteiger charge is -2.05. The molecule has 0 aromatic heterocycles. The van der Waals surface area contributed by atoms with Gasteiger partial charge >= 0.3 is 5.97 Å². The van der Waals surface area contributed by atoms with Crippen molar-refractivity contribution in [2.75, 3.05) is 0 Å². The zero-order chi connectivity index (χ0) is 14.7. The van der Waals surface area contributed by atoms with Gasteiger partial charge in [-0.25, -0.2) is 4.79 Å². The predicted molar refractivity (Wildman–Crippen MR) is 80.0 cm³/mol. The second kappa shape index (κ2) is 6.39. The van der Waals surface area contributed by atoms with Gasteiger partial charge in [0.25, 0.3) is 0 Å². The summed E-state index contributed by atoms with van der Waals surface area (Å²) in [7, 11) is -1.29. The number of hydrogen-bond acceptors (Lipinski definition) is 2. The second-order valence-electron chi connectivity index (χ2n) is 4.06. The number of hydrogen-bond donors (Lipinski definition) is 1. The van der Waals surface area contributed by atoms with Crippen molar-refractivity contribution in [2.24, 2.45) is 0 Å². The molecule has 3 nitrogen and oxygen atoms in total. The molecule has 0 heterocycles. The van der Waals surface area contributed by atoms with Gasteiger partial charge in [0.1, 0.15) is 0 Å². The van der Waals surface area contributed by atoms with Crippen LogP contribution in [0.15, 0.2) is 47.4 Å². The van der Waals surface area contributed by atoms with E-state index in [1.165, 1.54) is 12.1 Å². The van der Waals surface area contributed by atoms with Crippen LogP contribution >= 0.6 is 23.2 Å². The largest absolute Gasteiger partial charge is 0.478 e. The molecule has 0 aliphatic heterocycles. The minimum atomic E-state index is -1.29. The van der Waals surface area contributed by atoms with Gasteiger partial charge in [-0.2, -0.15) is 0 Å². The number of carbonyl (C=O) groups is 1. The van der Waals surface area contributed by atoms with Crippen LogP contribution in [0.5, 0.6) is 0 Å². The predicted octanol–water partition coefficient (Wildman–Crippen LogP) is 4.00. The van der Waals surface area contributed by atoms with E-state index in [1.807, 2.05) is 0 Å². The van der Waals surface area contributed by atoms with Crippen LogP contribution in [0.3, 0.4) is 0 Å². The molecule has 0 spiro atoms. The van der Waals surface area contributed by atoms with Crippen molar-refractivity contribution in [1.82, 2.24) is 0 Å². The quantitative estimate of drug-likeness (QED) is 0.922. The highest BCUT2D eigenvalue weighted by molar-refractivity contribution is 7.84. The standard InChI is InChI=1S/C14H10Cl2O3S/c15-11-4-1-10(13(16)7-11)8-20(19)12-5-2-9(3-6-12)14(17)18/h1-7H,8H2,(H,17,18). The van der Waals surface area contributed by atoms with Crippen LogP contribution < -0.4 is 0 Å². The van der Waals surface area contributed by atoms with E-state index in [0.29, 0.717) is 14.9 Å². The van der Waals surface area contributed by atoms with Crippen molar-refractivity contribution < 1.29 is 14.1 Å². The zero-order valence-corrected chi connectivity index (χ0v) is 12.5. The fraction of sp³-hybridized carbons (Fsp3) is 0.0714. The molecule has 0 fully saturated rings. The molecule has 2 aromatic carbocycles. The Hall–Kier alpha value is -1.36. The van der Waals surface area contributed by atoms with Gasteiger partial charge in [0.05, 0.1) is 22.1 Å². The molecule has 0 aliphatic rings. The van der Waals surface area contributed by atoms with E-state index < -0.39 is 16.8 Å². The van der Waals surface area contributed by atoms with Gasteiger partial charge in [-0.3, -0.25) is 4.21 Å². The van der Waals surface area contributed by atoms with E-state index in [9.17, 15) is 9.00 Å². The molecule has 0 amide bonds. The highest BCUT2D eigenvalue weighted by Crippen LogP contribution is 2.23. The maximum absolute atomic E-state index is 12.2. The highest BCUT2D eigenvalue weighted by Gasteiger charge is 2.10. The number of halogens is 2. The lowest BCUT2D eigenvalue weighted by molar-refractivity contribution is 0.0697. The third kappa shape index (κ3) is 3.60. The lowest BCUT2D eigenvalue weighted by atomic mass is 10.2. The number of aromatic carboxylic acids is 1. The first-order valence-electron chi connectivity index (χ1n) is 5.63. The number of benzene rings is 2. The van der Waals surface area contributed by atoms with Crippen molar-refractivity contribution >= 4 is 40.0 Å². The van der Waals surface area contributed by atoms with Gasteiger partial charge in [0, 0.05) is 14.9 Å². The van der Waals surface area contributed by atoms with Gasteiger partial charge in [-0.05, 0) is 42.0 Å². The fourth-order valence-corrected chi connectivity index (χ4v) is 3.31. The Morgan fingerprint density at radius 2 is 1.75 bits per heavy atom. The molecular formula is C14H10Cl2O3S. The smallest absolute Gasteiger partial charge is 0.335 e. The maximum Gasteiger partial charge on any atom is 0.335 e. The first-order valence-corrected chi connectivity index (χ1v) is 7.70. The average molecular weight is 329 g/mol. The normalized spacial score (nSPS) is 12.1. The molecule has 20 heavy (non-hydrogen) atoms. The molecule has 0 bridgehead atoms. The molecule has 0 aliphatic carbocycles. The summed E-state index contributed by atoms with van der Waals surface area (Å²) >= 11 is 11.8. The third-order valence-corrected chi connectivity index (χ3v) is 4.62. The molecule has 2 rings (SSSR count). The van der Waals surface area contributed by atoms with Gasteiger partial charge in [0.15, 0.2) is 0 Å². The molecule has 104 valence electrons. The Kier molecular flexibility index (Phi) is 4.81. The van der Waals surface area contributed by atoms with Crippen molar-refractivity contribution in [3.05, 3.63) is 63.6 Å². The number of carboxylic acids is 1. The van der Waals surface area contributed by atoms with Crippen molar-refractivity contribution in [1.29, 1.82) is 0 Å². The van der Waals surface area contributed by atoms with Gasteiger partial charge in [-0.1, -0.05) is 29.3 Å². The van der Waals surface area contributed by atoms with E-state index >= 15 is 0 Å². The van der Waals surface area contributed by atoms with E-state index in [2.05, 4.69) is 0 Å². The minimum absolute atomic E-state index is 0.162. The maximum atomic E-state index is 12.2. The average Bonchev–Trinajstić information content (AvgIpc) is 2.42. The summed E-state index contributed by atoms with van der Waals surface area (Å²) < 4.78 is 12.2. The molecule has 0 saturated carbocycles. The molecule has 0 radical (unpaired) electrons. The Labute approximate surface area is 128 Å². The Morgan fingerprint density at radius 1 is 1.10 bits per heavy atom. The molecule has 1 N–H and O–H groups in total. The van der Waals surface area contributed by atoms with Crippen LogP contribution in [0, 0.1) is 0 Å². The summed E-state index contributed by atoms with van der Waals surface area (Å²) in [4.78, 5) is 11.3. The molecule has 1 unspecified atom stereocenters. The fourth-order valence-electron chi connectivity index (χ4n) is 1.61. The molecule has 1 atom stereocenters. The Morgan fingerprint density at radius 3 is 2.30 bits per heavy atom. The zero-order valence-electron chi connectivity index (χ0n) is 10.2. The van der Waals surface area contributed by atoms with E-state index in [4.69, 9.17) is 28.3 Å². The summed E-state index contributed by atoms with van der Waals surface area (Å²) in [6.45, 7) is 0. The van der Waals surface area contributed by atoms with Crippen LogP contribution in [-0.2, 0) is 16.6 Å². The highest BCUT2D eigenvalue weighted by atomic mass is 35.5. The third-order valence-electron chi connectivity index (χ3n) is 2.67. The molecular weight excluding hydrogens is 319 g/mol. The second-order valence-corrected chi connectivity index (χ2v) is 6.35. The van der Waals surface area contributed by atoms with E-state index in [0.717, 1.165) is 5.56 Å². The van der Waals surface area contributed by atoms with Crippen LogP contribution in [-0.4, -0.2) is 15.3 Å². The molecule has 0 saturated heterocycles. The van der Waals surface area contributed by atoms with Crippen molar-refractivity contribution in [3.8, 4) is 0 Å². The van der Waals surface area contributed by atoms with Crippen LogP contribution in [0.1, 0.15) is 15.9 Å². The lowest BCUT2D eigenvalue weighted by Crippen LogP contribution is -2.00. The topological polar surface area (TPSA) is 54.4 Å². The summed E-state index contributed by atoms with van der Waals surface area (Å²) in [6, 6.07) is 11.0. The van der Waals surface area contributed by atoms with Crippen molar-refractivity contribution in [2.45, 2.75) is 10.6 Å². The van der Waals surface area contributed by atoms with Crippen LogP contribution in [0.2, 0.25) is 10.0 Å². The summed E-state index contributed by atoms with van der Waals surface area (Å²) in [5, 5.41) is 9.80. The van der Waals surface area contributed by atoms with Gasteiger partial charge in [-0.15, -0.1) is 0 Å².